The van der Waals surface area contributed by atoms with E-state index < -0.39 is 0 Å². The summed E-state index contributed by atoms with van der Waals surface area (Å²) in [5, 5.41) is 7.83. The van der Waals surface area contributed by atoms with Crippen molar-refractivity contribution in [2.45, 2.75) is 33.2 Å². The van der Waals surface area contributed by atoms with E-state index in [-0.39, 0.29) is 6.04 Å². The summed E-state index contributed by atoms with van der Waals surface area (Å²) in [6, 6.07) is 0.176. The van der Waals surface area contributed by atoms with Gasteiger partial charge < -0.3 is 5.32 Å². The quantitative estimate of drug-likeness (QED) is 0.939. The predicted molar refractivity (Wildman–Crippen MR) is 79.1 cm³/mol. The molecule has 5 nitrogen and oxygen atoms in total. The lowest BCUT2D eigenvalue weighted by Crippen LogP contribution is -2.13. The Morgan fingerprint density at radius 3 is 2.42 bits per heavy atom. The van der Waals surface area contributed by atoms with Gasteiger partial charge in [0.05, 0.1) is 16.2 Å². The predicted octanol–water partition coefficient (Wildman–Crippen LogP) is 3.15. The fourth-order valence-electron chi connectivity index (χ4n) is 2.22. The van der Waals surface area contributed by atoms with E-state index in [0.29, 0.717) is 5.95 Å². The van der Waals surface area contributed by atoms with Crippen LogP contribution in [0.15, 0.2) is 16.9 Å². The largest absolute Gasteiger partial charge is 0.347 e. The maximum absolute atomic E-state index is 4.46. The van der Waals surface area contributed by atoms with E-state index in [1.165, 1.54) is 11.3 Å². The van der Waals surface area contributed by atoms with Crippen LogP contribution in [0.25, 0.3) is 0 Å². The molecule has 19 heavy (non-hydrogen) atoms. The zero-order valence-corrected chi connectivity index (χ0v) is 13.2. The second-order valence-corrected chi connectivity index (χ2v) is 5.45. The molecule has 0 saturated heterocycles. The molecule has 0 aromatic carbocycles. The summed E-state index contributed by atoms with van der Waals surface area (Å²) < 4.78 is 2.79. The Labute approximate surface area is 121 Å². The van der Waals surface area contributed by atoms with Crippen molar-refractivity contribution in [2.75, 3.05) is 5.32 Å². The number of aryl methyl sites for hydroxylation is 2. The number of halogens is 1. The zero-order valence-electron chi connectivity index (χ0n) is 11.6. The van der Waals surface area contributed by atoms with E-state index in [1.54, 1.807) is 12.4 Å². The van der Waals surface area contributed by atoms with Crippen LogP contribution >= 0.6 is 15.9 Å². The van der Waals surface area contributed by atoms with Crippen molar-refractivity contribution in [2.24, 2.45) is 7.05 Å². The SMILES string of the molecule is CCC(Nc1ncc(Br)cn1)c1c(C)nn(C)c1C. The Hall–Kier alpha value is -1.43. The summed E-state index contributed by atoms with van der Waals surface area (Å²) in [5.41, 5.74) is 3.46. The highest BCUT2D eigenvalue weighted by Crippen LogP contribution is 2.26. The molecule has 0 aliphatic heterocycles. The summed E-state index contributed by atoms with van der Waals surface area (Å²) >= 11 is 3.33. The Bertz CT molecular complexity index is 561. The first-order valence-electron chi connectivity index (χ1n) is 6.27. The molecule has 0 saturated carbocycles. The van der Waals surface area contributed by atoms with Gasteiger partial charge in [-0.1, -0.05) is 6.92 Å². The lowest BCUT2D eigenvalue weighted by molar-refractivity contribution is 0.711. The van der Waals surface area contributed by atoms with E-state index in [1.807, 2.05) is 18.7 Å². The third-order valence-electron chi connectivity index (χ3n) is 3.25. The molecule has 1 N–H and O–H groups in total. The minimum atomic E-state index is 0.176. The van der Waals surface area contributed by atoms with Crippen LogP contribution in [-0.2, 0) is 7.05 Å². The topological polar surface area (TPSA) is 55.6 Å². The number of nitrogens with one attached hydrogen (secondary N) is 1. The molecule has 0 radical (unpaired) electrons. The highest BCUT2D eigenvalue weighted by molar-refractivity contribution is 9.10. The maximum atomic E-state index is 4.46. The number of hydrogen-bond acceptors (Lipinski definition) is 4. The number of nitrogens with zero attached hydrogens (tertiary/aromatic N) is 4. The number of hydrogen-bond donors (Lipinski definition) is 1. The Morgan fingerprint density at radius 1 is 1.32 bits per heavy atom. The third-order valence-corrected chi connectivity index (χ3v) is 3.65. The van der Waals surface area contributed by atoms with Gasteiger partial charge in [-0.25, -0.2) is 9.97 Å². The van der Waals surface area contributed by atoms with E-state index in [2.05, 4.69) is 50.2 Å². The van der Waals surface area contributed by atoms with Crippen molar-refractivity contribution in [1.82, 2.24) is 19.7 Å². The van der Waals surface area contributed by atoms with Gasteiger partial charge in [0.25, 0.3) is 0 Å². The normalized spacial score (nSPS) is 12.5. The molecule has 0 amide bonds. The van der Waals surface area contributed by atoms with Crippen molar-refractivity contribution >= 4 is 21.9 Å². The summed E-state index contributed by atoms with van der Waals surface area (Å²) in [4.78, 5) is 8.52. The number of aromatic nitrogens is 4. The van der Waals surface area contributed by atoms with Gasteiger partial charge in [-0.05, 0) is 36.2 Å². The molecule has 1 unspecified atom stereocenters. The minimum absolute atomic E-state index is 0.176. The van der Waals surface area contributed by atoms with Crippen LogP contribution in [0.4, 0.5) is 5.95 Å². The summed E-state index contributed by atoms with van der Waals surface area (Å²) in [6.45, 7) is 6.26. The van der Waals surface area contributed by atoms with Gasteiger partial charge in [0, 0.05) is 30.7 Å². The van der Waals surface area contributed by atoms with Crippen molar-refractivity contribution < 1.29 is 0 Å². The maximum Gasteiger partial charge on any atom is 0.223 e. The van der Waals surface area contributed by atoms with Crippen LogP contribution in [0, 0.1) is 13.8 Å². The highest BCUT2D eigenvalue weighted by atomic mass is 79.9. The van der Waals surface area contributed by atoms with Gasteiger partial charge in [-0.2, -0.15) is 5.10 Å². The Kier molecular flexibility index (Phi) is 4.19. The summed E-state index contributed by atoms with van der Waals surface area (Å²) in [5.74, 6) is 0.637. The smallest absolute Gasteiger partial charge is 0.223 e. The molecule has 0 bridgehead atoms. The molecule has 0 fully saturated rings. The fourth-order valence-corrected chi connectivity index (χ4v) is 2.42. The lowest BCUT2D eigenvalue weighted by Gasteiger charge is -2.17. The van der Waals surface area contributed by atoms with Crippen molar-refractivity contribution in [3.63, 3.8) is 0 Å². The van der Waals surface area contributed by atoms with Gasteiger partial charge in [0.15, 0.2) is 0 Å². The molecule has 0 spiro atoms. The minimum Gasteiger partial charge on any atom is -0.347 e. The second kappa shape index (κ2) is 5.69. The Balaban J connectivity index is 2.27. The molecular weight excluding hydrogens is 306 g/mol. The third kappa shape index (κ3) is 2.94. The molecule has 2 aromatic rings. The molecule has 2 rings (SSSR count). The summed E-state index contributed by atoms with van der Waals surface area (Å²) in [7, 11) is 1.97. The molecule has 2 heterocycles. The van der Waals surface area contributed by atoms with Crippen molar-refractivity contribution in [3.8, 4) is 0 Å². The van der Waals surface area contributed by atoms with Gasteiger partial charge in [-0.15, -0.1) is 0 Å². The number of anilines is 1. The van der Waals surface area contributed by atoms with E-state index in [9.17, 15) is 0 Å². The standard InChI is InChI=1S/C13H18BrN5/c1-5-11(12-8(2)18-19(4)9(12)3)17-13-15-6-10(14)7-16-13/h6-7,11H,5H2,1-4H3,(H,15,16,17). The van der Waals surface area contributed by atoms with E-state index in [4.69, 9.17) is 0 Å². The molecule has 6 heteroatoms. The average Bonchev–Trinajstić information content (AvgIpc) is 2.63. The molecule has 0 aliphatic carbocycles. The first kappa shape index (κ1) is 14.0. The average molecular weight is 324 g/mol. The first-order valence-corrected chi connectivity index (χ1v) is 7.06. The fraction of sp³-hybridized carbons (Fsp3) is 0.462. The van der Waals surface area contributed by atoms with Crippen LogP contribution < -0.4 is 5.32 Å². The lowest BCUT2D eigenvalue weighted by atomic mass is 10.0. The monoisotopic (exact) mass is 323 g/mol. The summed E-state index contributed by atoms with van der Waals surface area (Å²) in [6.07, 6.45) is 4.43. The van der Waals surface area contributed by atoms with Crippen LogP contribution in [0.5, 0.6) is 0 Å². The van der Waals surface area contributed by atoms with Crippen LogP contribution in [-0.4, -0.2) is 19.7 Å². The zero-order chi connectivity index (χ0) is 14.0. The van der Waals surface area contributed by atoms with Gasteiger partial charge in [-0.3, -0.25) is 4.68 Å². The molecule has 0 aliphatic rings. The van der Waals surface area contributed by atoms with Crippen molar-refractivity contribution in [1.29, 1.82) is 0 Å². The van der Waals surface area contributed by atoms with Gasteiger partial charge in [0.2, 0.25) is 5.95 Å². The van der Waals surface area contributed by atoms with E-state index >= 15 is 0 Å². The number of rotatable bonds is 4. The van der Waals surface area contributed by atoms with Crippen molar-refractivity contribution in [3.05, 3.63) is 33.8 Å². The Morgan fingerprint density at radius 2 is 1.95 bits per heavy atom. The molecular formula is C13H18BrN5. The van der Waals surface area contributed by atoms with E-state index in [0.717, 1.165) is 16.6 Å². The second-order valence-electron chi connectivity index (χ2n) is 4.54. The molecule has 2 aromatic heterocycles. The van der Waals surface area contributed by atoms with Gasteiger partial charge in [0.1, 0.15) is 0 Å². The molecule has 1 atom stereocenters. The van der Waals surface area contributed by atoms with Crippen LogP contribution in [0.2, 0.25) is 0 Å². The van der Waals surface area contributed by atoms with Crippen LogP contribution in [0.3, 0.4) is 0 Å². The molecule has 102 valence electrons. The van der Waals surface area contributed by atoms with Crippen LogP contribution in [0.1, 0.15) is 36.3 Å². The van der Waals surface area contributed by atoms with Gasteiger partial charge >= 0.3 is 0 Å². The highest BCUT2D eigenvalue weighted by Gasteiger charge is 2.19. The first-order chi connectivity index (χ1) is 9.02.